The smallest absolute Gasteiger partial charge is 0.269 e. The molecule has 14 nitrogen and oxygen atoms in total. The van der Waals surface area contributed by atoms with Crippen molar-refractivity contribution in [1.82, 2.24) is 25.5 Å². The van der Waals surface area contributed by atoms with Gasteiger partial charge in [0, 0.05) is 33.7 Å². The number of benzene rings is 1. The molecule has 0 saturated carbocycles. The van der Waals surface area contributed by atoms with Gasteiger partial charge in [0.15, 0.2) is 5.78 Å². The molecule has 10 atom stereocenters. The second-order valence-corrected chi connectivity index (χ2v) is 16.7. The van der Waals surface area contributed by atoms with E-state index in [1.54, 1.807) is 40.1 Å². The van der Waals surface area contributed by atoms with E-state index in [0.717, 1.165) is 37.7 Å². The maximum Gasteiger partial charge on any atom is 0.269 e. The van der Waals surface area contributed by atoms with E-state index in [4.69, 9.17) is 14.3 Å². The van der Waals surface area contributed by atoms with Crippen LogP contribution in [0.25, 0.3) is 0 Å². The molecule has 0 aromatic heterocycles. The maximum absolute atomic E-state index is 13.7. The predicted molar refractivity (Wildman–Crippen MR) is 236 cm³/mol. The van der Waals surface area contributed by atoms with Gasteiger partial charge in [-0.25, -0.2) is 5.06 Å². The Morgan fingerprint density at radius 2 is 1.53 bits per heavy atom. The number of methoxy groups -OCH3 is 2. The molecule has 2 heterocycles. The Labute approximate surface area is 361 Å². The minimum Gasteiger partial charge on any atom is -0.391 e. The van der Waals surface area contributed by atoms with E-state index in [1.165, 1.54) is 12.0 Å². The number of nitrogens with zero attached hydrogens (tertiary/aromatic N) is 3. The maximum atomic E-state index is 13.7. The van der Waals surface area contributed by atoms with E-state index in [9.17, 15) is 29.1 Å². The number of hydrogen-bond donors (Lipinski definition) is 3. The van der Waals surface area contributed by atoms with Gasteiger partial charge in [0.25, 0.3) is 5.91 Å². The zero-order valence-corrected chi connectivity index (χ0v) is 39.4. The van der Waals surface area contributed by atoms with Gasteiger partial charge in [-0.15, -0.1) is 0 Å². The van der Waals surface area contributed by atoms with E-state index in [-0.39, 0.29) is 53.4 Å². The van der Waals surface area contributed by atoms with Crippen molar-refractivity contribution in [3.63, 3.8) is 0 Å². The highest BCUT2D eigenvalue weighted by Gasteiger charge is 2.42. The molecule has 0 bridgehead atoms. The highest BCUT2D eigenvalue weighted by molar-refractivity contribution is 5.90. The van der Waals surface area contributed by atoms with E-state index < -0.39 is 36.3 Å². The number of rotatable bonds is 20. The summed E-state index contributed by atoms with van der Waals surface area (Å²) in [4.78, 5) is 73.1. The van der Waals surface area contributed by atoms with Gasteiger partial charge >= 0.3 is 0 Å². The van der Waals surface area contributed by atoms with E-state index >= 15 is 0 Å². The lowest BCUT2D eigenvalue weighted by molar-refractivity contribution is -0.199. The molecule has 60 heavy (non-hydrogen) atoms. The van der Waals surface area contributed by atoms with Crippen LogP contribution in [0.2, 0.25) is 0 Å². The van der Waals surface area contributed by atoms with Crippen LogP contribution in [0.3, 0.4) is 0 Å². The summed E-state index contributed by atoms with van der Waals surface area (Å²) >= 11 is 0. The molecule has 2 saturated heterocycles. The number of hydrogen-bond acceptors (Lipinski definition) is 10. The Morgan fingerprint density at radius 3 is 2.02 bits per heavy atom. The van der Waals surface area contributed by atoms with Crippen molar-refractivity contribution in [1.29, 1.82) is 0 Å². The molecule has 14 heteroatoms. The minimum absolute atomic E-state index is 0.0311. The number of likely N-dealkylation sites (tertiary alicyclic amines) is 1. The first-order valence-corrected chi connectivity index (χ1v) is 22.2. The number of carbonyl (C=O) groups excluding carboxylic acids is 5. The highest BCUT2D eigenvalue weighted by Crippen LogP contribution is 2.29. The number of nitrogens with one attached hydrogen (secondary N) is 2. The molecule has 4 amide bonds. The summed E-state index contributed by atoms with van der Waals surface area (Å²) in [6.45, 7) is 20.7. The first-order chi connectivity index (χ1) is 28.4. The molecule has 1 aromatic rings. The number of Topliss-reactive ketones (excluding diaryl/α,β-unsaturated/α-hetero) is 1. The Balaban J connectivity index is 0.000000796. The molecule has 2 fully saturated rings. The van der Waals surface area contributed by atoms with Crippen molar-refractivity contribution in [2.45, 2.75) is 157 Å². The minimum atomic E-state index is -0.787. The van der Waals surface area contributed by atoms with Gasteiger partial charge in [-0.3, -0.25) is 33.7 Å². The number of ether oxygens (including phenoxy) is 2. The highest BCUT2D eigenvalue weighted by atomic mass is 16.7. The first kappa shape index (κ1) is 54.6. The molecule has 3 N–H and O–H groups in total. The third-order valence-electron chi connectivity index (χ3n) is 11.8. The Morgan fingerprint density at radius 1 is 0.900 bits per heavy atom. The third-order valence-corrected chi connectivity index (χ3v) is 11.8. The molecule has 0 radical (unpaired) electrons. The Hall–Kier alpha value is -3.43. The van der Waals surface area contributed by atoms with Crippen molar-refractivity contribution in [2.75, 3.05) is 48.0 Å². The predicted octanol–water partition coefficient (Wildman–Crippen LogP) is 5.05. The zero-order chi connectivity index (χ0) is 45.7. The van der Waals surface area contributed by atoms with Gasteiger partial charge < -0.3 is 30.1 Å². The van der Waals surface area contributed by atoms with Crippen LogP contribution in [0, 0.1) is 23.7 Å². The molecule has 0 aliphatic carbocycles. The van der Waals surface area contributed by atoms with Crippen molar-refractivity contribution in [2.24, 2.45) is 23.7 Å². The fourth-order valence-corrected chi connectivity index (χ4v) is 7.96. The largest absolute Gasteiger partial charge is 0.391 e. The molecule has 2 aliphatic heterocycles. The number of likely N-dealkylation sites (N-methyl/N-ethyl adjacent to an activating group) is 1. The first-order valence-electron chi connectivity index (χ1n) is 22.2. The summed E-state index contributed by atoms with van der Waals surface area (Å²) in [6, 6.07) is 7.52. The van der Waals surface area contributed by atoms with Crippen molar-refractivity contribution in [3.8, 4) is 0 Å². The number of hydroxylamine groups is 2. The lowest BCUT2D eigenvalue weighted by Crippen LogP contribution is -2.55. The SMILES string of the molecule is CC.CC(=O)[C@@H](NC(=O)[C@H]([C@@H](C)O)N(C)C)C(C)C.CC[C@H](C)[C@H](C)C(CC(=O)N1CCC[C@H]1[C@H](OC)[C@@H](C)C(=O)N[C@@H](Cc1ccccc1)C(=O)N1CCCCO1)OC. The molecule has 1 aromatic carbocycles. The van der Waals surface area contributed by atoms with Gasteiger partial charge in [-0.05, 0) is 76.9 Å². The van der Waals surface area contributed by atoms with Gasteiger partial charge in [-0.2, -0.15) is 0 Å². The summed E-state index contributed by atoms with van der Waals surface area (Å²) in [5.74, 6) is -0.735. The number of ketones is 1. The van der Waals surface area contributed by atoms with Gasteiger partial charge in [0.2, 0.25) is 17.7 Å². The van der Waals surface area contributed by atoms with Crippen molar-refractivity contribution in [3.05, 3.63) is 35.9 Å². The third kappa shape index (κ3) is 16.8. The van der Waals surface area contributed by atoms with Crippen LogP contribution in [0.5, 0.6) is 0 Å². The van der Waals surface area contributed by atoms with Crippen molar-refractivity contribution < 1.29 is 43.4 Å². The second kappa shape index (κ2) is 28.2. The fourth-order valence-electron chi connectivity index (χ4n) is 7.96. The van der Waals surface area contributed by atoms with E-state index in [2.05, 4.69) is 31.4 Å². The molecule has 3 rings (SSSR count). The molecule has 2 aliphatic rings. The number of aliphatic hydroxyl groups excluding tert-OH is 1. The molecule has 1 unspecified atom stereocenters. The zero-order valence-electron chi connectivity index (χ0n) is 39.4. The topological polar surface area (TPSA) is 167 Å². The van der Waals surface area contributed by atoms with Crippen LogP contribution in [0.1, 0.15) is 113 Å². The van der Waals surface area contributed by atoms with Crippen LogP contribution >= 0.6 is 0 Å². The normalized spacial score (nSPS) is 19.9. The monoisotopic (exact) mass is 848 g/mol. The van der Waals surface area contributed by atoms with E-state index in [0.29, 0.717) is 38.5 Å². The van der Waals surface area contributed by atoms with Crippen LogP contribution < -0.4 is 10.6 Å². The van der Waals surface area contributed by atoms with Gasteiger partial charge in [0.05, 0.1) is 49.3 Å². The fraction of sp³-hybridized carbons (Fsp3) is 0.761. The number of amides is 4. The average Bonchev–Trinajstić information content (AvgIpc) is 3.72. The molecular weight excluding hydrogens is 767 g/mol. The van der Waals surface area contributed by atoms with E-state index in [1.807, 2.05) is 69.9 Å². The van der Waals surface area contributed by atoms with Crippen LogP contribution in [0.15, 0.2) is 30.3 Å². The summed E-state index contributed by atoms with van der Waals surface area (Å²) in [5, 5.41) is 16.6. The molecule has 344 valence electrons. The number of aliphatic hydroxyl groups is 1. The summed E-state index contributed by atoms with van der Waals surface area (Å²) in [7, 11) is 6.70. The standard InChI is InChI=1S/C32H51N3O6.C12H24N2O3.C2H6/c1-7-22(2)23(3)28(39-5)21-29(36)34-17-13-16-27(34)30(40-6)24(4)31(37)33-26(20-25-14-9-8-10-15-25)32(38)35-18-11-12-19-41-35;1-7(2)10(8(3)15)13-12(17)11(9(4)16)14(5)6;1-2/h8-10,14-15,22-24,26-28,30H,7,11-13,16-21H2,1-6H3,(H,33,37);7,9-11,16H,1-6H3,(H,13,17);1-2H3/t22-,23-,24+,26-,27-,28?,30+;9-,10+,11+;/m01./s1. The quantitative estimate of drug-likeness (QED) is 0.162. The molecule has 0 spiro atoms. The van der Waals surface area contributed by atoms with Crippen LogP contribution in [-0.4, -0.2) is 140 Å². The van der Waals surface area contributed by atoms with Crippen LogP contribution in [-0.2, 0) is 44.7 Å². The summed E-state index contributed by atoms with van der Waals surface area (Å²) in [5.41, 5.74) is 0.950. The Kier molecular flexibility index (Phi) is 25.7. The molecular formula is C46H81N5O9. The number of carbonyl (C=O) groups is 5. The Bertz CT molecular complexity index is 1410. The average molecular weight is 848 g/mol. The lowest BCUT2D eigenvalue weighted by Gasteiger charge is -2.36. The van der Waals surface area contributed by atoms with Crippen molar-refractivity contribution >= 4 is 29.4 Å². The van der Waals surface area contributed by atoms with Gasteiger partial charge in [0.1, 0.15) is 12.1 Å². The summed E-state index contributed by atoms with van der Waals surface area (Å²) < 4.78 is 11.7. The van der Waals surface area contributed by atoms with Crippen LogP contribution in [0.4, 0.5) is 0 Å². The summed E-state index contributed by atoms with van der Waals surface area (Å²) in [6.07, 6.45) is 3.61. The lowest BCUT2D eigenvalue weighted by atomic mass is 9.87. The van der Waals surface area contributed by atoms with Gasteiger partial charge in [-0.1, -0.05) is 92.1 Å². The second-order valence-electron chi connectivity index (χ2n) is 16.7.